The quantitative estimate of drug-likeness (QED) is 0.561. The molecular weight excluding hydrogens is 464 g/mol. The van der Waals surface area contributed by atoms with Crippen LogP contribution in [0.25, 0.3) is 22.6 Å². The fourth-order valence-electron chi connectivity index (χ4n) is 4.45. The molecule has 5 heterocycles. The molecule has 0 aliphatic carbocycles. The largest absolute Gasteiger partial charge is 0.465 e. The van der Waals surface area contributed by atoms with Crippen LogP contribution in [0.2, 0.25) is 0 Å². The van der Waals surface area contributed by atoms with Crippen molar-refractivity contribution in [3.05, 3.63) is 18.7 Å². The van der Waals surface area contributed by atoms with Crippen LogP contribution in [0.5, 0.6) is 0 Å². The minimum atomic E-state index is -1.10. The second-order valence-corrected chi connectivity index (χ2v) is 10.3. The van der Waals surface area contributed by atoms with Gasteiger partial charge in [-0.15, -0.1) is 0 Å². The maximum absolute atomic E-state index is 11.8. The zero-order valence-electron chi connectivity index (χ0n) is 20.9. The molecule has 0 bridgehead atoms. The second-order valence-electron chi connectivity index (χ2n) is 10.3. The van der Waals surface area contributed by atoms with Crippen molar-refractivity contribution in [2.24, 2.45) is 5.41 Å². The SMILES string of the molecule is CC(C)(C)CN(C(=O)O)c1ncc(-c2nc(N3CCOCC3)c3ncn(C4CCCCO4)c3n2)cn1. The normalized spacial score (nSPS) is 19.0. The Morgan fingerprint density at radius 3 is 2.50 bits per heavy atom. The van der Waals surface area contributed by atoms with E-state index in [1.165, 1.54) is 0 Å². The van der Waals surface area contributed by atoms with E-state index < -0.39 is 6.09 Å². The van der Waals surface area contributed by atoms with Crippen LogP contribution in [-0.2, 0) is 9.47 Å². The van der Waals surface area contributed by atoms with E-state index in [1.807, 2.05) is 25.3 Å². The molecule has 2 aliphatic heterocycles. The van der Waals surface area contributed by atoms with E-state index in [4.69, 9.17) is 19.4 Å². The predicted octanol–water partition coefficient (Wildman–Crippen LogP) is 3.35. The van der Waals surface area contributed by atoms with E-state index >= 15 is 0 Å². The Kier molecular flexibility index (Phi) is 6.71. The molecule has 0 radical (unpaired) electrons. The van der Waals surface area contributed by atoms with Crippen LogP contribution in [-0.4, -0.2) is 80.1 Å². The lowest BCUT2D eigenvalue weighted by Crippen LogP contribution is -2.38. The molecule has 0 saturated carbocycles. The number of rotatable bonds is 5. The van der Waals surface area contributed by atoms with Crippen LogP contribution in [0, 0.1) is 5.41 Å². The number of carbonyl (C=O) groups is 1. The summed E-state index contributed by atoms with van der Waals surface area (Å²) in [5, 5.41) is 9.69. The highest BCUT2D eigenvalue weighted by Crippen LogP contribution is 2.31. The summed E-state index contributed by atoms with van der Waals surface area (Å²) in [5.74, 6) is 1.30. The van der Waals surface area contributed by atoms with Crippen LogP contribution in [0.4, 0.5) is 16.6 Å². The first-order valence-electron chi connectivity index (χ1n) is 12.3. The molecule has 12 nitrogen and oxygen atoms in total. The molecule has 2 saturated heterocycles. The highest BCUT2D eigenvalue weighted by molar-refractivity contribution is 5.86. The lowest BCUT2D eigenvalue weighted by atomic mass is 9.96. The topological polar surface area (TPSA) is 132 Å². The molecule has 1 amide bonds. The number of aromatic nitrogens is 6. The summed E-state index contributed by atoms with van der Waals surface area (Å²) < 4.78 is 13.5. The molecule has 3 aromatic heterocycles. The number of hydrogen-bond donors (Lipinski definition) is 1. The number of ether oxygens (including phenoxy) is 2. The summed E-state index contributed by atoms with van der Waals surface area (Å²) in [7, 11) is 0. The van der Waals surface area contributed by atoms with Gasteiger partial charge in [0.15, 0.2) is 22.8 Å². The van der Waals surface area contributed by atoms with Gasteiger partial charge in [0.25, 0.3) is 0 Å². The number of amides is 1. The Bertz CT molecular complexity index is 1210. The minimum absolute atomic E-state index is 0.121. The molecule has 1 N–H and O–H groups in total. The first-order valence-corrected chi connectivity index (χ1v) is 12.3. The maximum Gasteiger partial charge on any atom is 0.414 e. The summed E-state index contributed by atoms with van der Waals surface area (Å²) in [6.07, 6.45) is 6.74. The maximum atomic E-state index is 11.8. The molecule has 12 heteroatoms. The Morgan fingerprint density at radius 1 is 1.11 bits per heavy atom. The van der Waals surface area contributed by atoms with Gasteiger partial charge in [0.05, 0.1) is 25.1 Å². The van der Waals surface area contributed by atoms with Gasteiger partial charge >= 0.3 is 6.09 Å². The number of nitrogens with zero attached hydrogens (tertiary/aromatic N) is 8. The third kappa shape index (κ3) is 5.09. The number of carboxylic acid groups (broad SMARTS) is 1. The molecule has 192 valence electrons. The molecule has 2 fully saturated rings. The third-order valence-electron chi connectivity index (χ3n) is 6.18. The Hall–Kier alpha value is -3.38. The molecule has 2 aliphatic rings. The van der Waals surface area contributed by atoms with Crippen molar-refractivity contribution in [2.45, 2.75) is 46.3 Å². The molecule has 36 heavy (non-hydrogen) atoms. The first-order chi connectivity index (χ1) is 17.3. The van der Waals surface area contributed by atoms with Crippen molar-refractivity contribution in [1.82, 2.24) is 29.5 Å². The zero-order chi connectivity index (χ0) is 25.3. The lowest BCUT2D eigenvalue weighted by molar-refractivity contribution is -0.0298. The van der Waals surface area contributed by atoms with Gasteiger partial charge in [-0.2, -0.15) is 0 Å². The molecule has 3 aromatic rings. The van der Waals surface area contributed by atoms with Crippen molar-refractivity contribution in [2.75, 3.05) is 49.3 Å². The van der Waals surface area contributed by atoms with Crippen molar-refractivity contribution >= 4 is 29.0 Å². The van der Waals surface area contributed by atoms with E-state index in [2.05, 4.69) is 19.9 Å². The molecule has 5 rings (SSSR count). The monoisotopic (exact) mass is 496 g/mol. The molecule has 1 unspecified atom stereocenters. The molecule has 0 spiro atoms. The van der Waals surface area contributed by atoms with E-state index in [0.29, 0.717) is 49.9 Å². The smallest absolute Gasteiger partial charge is 0.414 e. The Labute approximate surface area is 209 Å². The standard InChI is InChI=1S/C24H32N8O4/c1-24(2,3)14-31(23(33)34)22-25-12-16(13-26-22)19-28-20(30-7-10-35-11-8-30)18-21(29-19)32(15-27-18)17-6-4-5-9-36-17/h12-13,15,17H,4-11,14H2,1-3H3,(H,33,34). The molecule has 0 aromatic carbocycles. The summed E-state index contributed by atoms with van der Waals surface area (Å²) >= 11 is 0. The van der Waals surface area contributed by atoms with E-state index in [1.54, 1.807) is 18.7 Å². The highest BCUT2D eigenvalue weighted by atomic mass is 16.5. The van der Waals surface area contributed by atoms with Crippen molar-refractivity contribution in [3.8, 4) is 11.4 Å². The van der Waals surface area contributed by atoms with E-state index in [9.17, 15) is 9.90 Å². The minimum Gasteiger partial charge on any atom is -0.465 e. The van der Waals surface area contributed by atoms with Gasteiger partial charge in [-0.1, -0.05) is 20.8 Å². The second kappa shape index (κ2) is 9.94. The zero-order valence-corrected chi connectivity index (χ0v) is 20.9. The number of anilines is 2. The van der Waals surface area contributed by atoms with Crippen LogP contribution in [0.1, 0.15) is 46.3 Å². The Morgan fingerprint density at radius 2 is 1.86 bits per heavy atom. The lowest BCUT2D eigenvalue weighted by Gasteiger charge is -2.28. The van der Waals surface area contributed by atoms with Crippen LogP contribution < -0.4 is 9.80 Å². The number of fused-ring (bicyclic) bond motifs is 1. The molecule has 1 atom stereocenters. The van der Waals surface area contributed by atoms with Crippen molar-refractivity contribution < 1.29 is 19.4 Å². The number of morpholine rings is 1. The summed E-state index contributed by atoms with van der Waals surface area (Å²) in [4.78, 5) is 38.2. The van der Waals surface area contributed by atoms with E-state index in [-0.39, 0.29) is 24.1 Å². The van der Waals surface area contributed by atoms with Crippen molar-refractivity contribution in [1.29, 1.82) is 0 Å². The first kappa shape index (κ1) is 24.3. The average Bonchev–Trinajstić information content (AvgIpc) is 3.31. The van der Waals surface area contributed by atoms with Gasteiger partial charge < -0.3 is 19.5 Å². The predicted molar refractivity (Wildman–Crippen MR) is 133 cm³/mol. The van der Waals surface area contributed by atoms with Gasteiger partial charge in [-0.3, -0.25) is 4.57 Å². The van der Waals surface area contributed by atoms with E-state index in [0.717, 1.165) is 35.5 Å². The molecular formula is C24H32N8O4. The van der Waals surface area contributed by atoms with Crippen LogP contribution in [0.15, 0.2) is 18.7 Å². The summed E-state index contributed by atoms with van der Waals surface area (Å²) in [6.45, 7) is 9.51. The van der Waals surface area contributed by atoms with Gasteiger partial charge in [-0.25, -0.2) is 34.6 Å². The van der Waals surface area contributed by atoms with Gasteiger partial charge in [-0.05, 0) is 24.7 Å². The fourth-order valence-corrected chi connectivity index (χ4v) is 4.45. The van der Waals surface area contributed by atoms with Gasteiger partial charge in [0, 0.05) is 38.6 Å². The number of hydrogen-bond acceptors (Lipinski definition) is 9. The van der Waals surface area contributed by atoms with Crippen molar-refractivity contribution in [3.63, 3.8) is 0 Å². The Balaban J connectivity index is 1.55. The summed E-state index contributed by atoms with van der Waals surface area (Å²) in [6, 6.07) is 0. The average molecular weight is 497 g/mol. The highest BCUT2D eigenvalue weighted by Gasteiger charge is 2.26. The van der Waals surface area contributed by atoms with Crippen LogP contribution >= 0.6 is 0 Å². The van der Waals surface area contributed by atoms with Gasteiger partial charge in [0.2, 0.25) is 5.95 Å². The fraction of sp³-hybridized carbons (Fsp3) is 0.583. The number of imidazole rings is 1. The summed E-state index contributed by atoms with van der Waals surface area (Å²) in [5.41, 5.74) is 1.75. The van der Waals surface area contributed by atoms with Crippen LogP contribution in [0.3, 0.4) is 0 Å². The van der Waals surface area contributed by atoms with Gasteiger partial charge in [0.1, 0.15) is 6.23 Å². The third-order valence-corrected chi connectivity index (χ3v) is 6.18.